The fourth-order valence-corrected chi connectivity index (χ4v) is 4.61. The van der Waals surface area contributed by atoms with Gasteiger partial charge >= 0.3 is 0 Å². The molecule has 3 unspecified atom stereocenters. The van der Waals surface area contributed by atoms with Crippen LogP contribution in [-0.2, 0) is 14.4 Å². The van der Waals surface area contributed by atoms with Crippen molar-refractivity contribution in [2.75, 3.05) is 23.7 Å². The number of imide groups is 1. The van der Waals surface area contributed by atoms with Crippen molar-refractivity contribution in [3.8, 4) is 11.5 Å². The third-order valence-electron chi connectivity index (χ3n) is 6.15. The fraction of sp³-hybridized carbons (Fsp3) is 0.259. The second-order valence-corrected chi connectivity index (χ2v) is 8.25. The Labute approximate surface area is 198 Å². The summed E-state index contributed by atoms with van der Waals surface area (Å²) in [5.41, 5.74) is 2.05. The number of methoxy groups -OCH3 is 1. The number of para-hydroxylation sites is 2. The molecule has 0 spiro atoms. The van der Waals surface area contributed by atoms with E-state index in [4.69, 9.17) is 14.3 Å². The first-order valence-electron chi connectivity index (χ1n) is 11.4. The van der Waals surface area contributed by atoms with Crippen LogP contribution in [0.15, 0.2) is 78.9 Å². The number of hydrogen-bond donors (Lipinski definition) is 0. The topological polar surface area (TPSA) is 68.3 Å². The predicted octanol–water partition coefficient (Wildman–Crippen LogP) is 4.54. The highest BCUT2D eigenvalue weighted by atomic mass is 16.7. The number of hydrogen-bond acceptors (Lipinski definition) is 6. The molecule has 2 aliphatic rings. The predicted molar refractivity (Wildman–Crippen MR) is 128 cm³/mol. The SMILES string of the molecule is CCCOc1ccc(N2C(=O)C3ON(c4ccccc4)C(c4ccccc4OC)C3C2=O)cc1. The minimum Gasteiger partial charge on any atom is -0.496 e. The van der Waals surface area contributed by atoms with Crippen LogP contribution in [0.1, 0.15) is 24.9 Å². The lowest BCUT2D eigenvalue weighted by Gasteiger charge is -2.29. The fourth-order valence-electron chi connectivity index (χ4n) is 4.61. The van der Waals surface area contributed by atoms with Crippen LogP contribution in [0.4, 0.5) is 11.4 Å². The zero-order chi connectivity index (χ0) is 23.7. The maximum absolute atomic E-state index is 13.7. The van der Waals surface area contributed by atoms with Gasteiger partial charge in [0.2, 0.25) is 5.91 Å². The largest absolute Gasteiger partial charge is 0.496 e. The van der Waals surface area contributed by atoms with Gasteiger partial charge in [0.25, 0.3) is 5.91 Å². The Morgan fingerprint density at radius 1 is 0.853 bits per heavy atom. The monoisotopic (exact) mass is 458 g/mol. The number of hydroxylamine groups is 1. The molecule has 0 saturated carbocycles. The minimum absolute atomic E-state index is 0.299. The van der Waals surface area contributed by atoms with E-state index in [-0.39, 0.29) is 11.8 Å². The number of rotatable bonds is 7. The lowest BCUT2D eigenvalue weighted by Crippen LogP contribution is -2.37. The summed E-state index contributed by atoms with van der Waals surface area (Å²) in [5.74, 6) is -0.0701. The van der Waals surface area contributed by atoms with Gasteiger partial charge in [0.15, 0.2) is 6.10 Å². The highest BCUT2D eigenvalue weighted by Crippen LogP contribution is 2.49. The number of amides is 2. The van der Waals surface area contributed by atoms with Crippen LogP contribution in [0, 0.1) is 5.92 Å². The molecule has 34 heavy (non-hydrogen) atoms. The van der Waals surface area contributed by atoms with E-state index in [1.165, 1.54) is 4.90 Å². The van der Waals surface area contributed by atoms with Gasteiger partial charge in [-0.15, -0.1) is 0 Å². The summed E-state index contributed by atoms with van der Waals surface area (Å²) in [6.45, 7) is 2.64. The van der Waals surface area contributed by atoms with E-state index in [9.17, 15) is 9.59 Å². The summed E-state index contributed by atoms with van der Waals surface area (Å²) >= 11 is 0. The third kappa shape index (κ3) is 3.68. The van der Waals surface area contributed by atoms with Crippen LogP contribution in [0.5, 0.6) is 11.5 Å². The van der Waals surface area contributed by atoms with Crippen molar-refractivity contribution in [2.24, 2.45) is 5.92 Å². The first kappa shape index (κ1) is 22.0. The maximum Gasteiger partial charge on any atom is 0.266 e. The normalized spacial score (nSPS) is 21.6. The number of carbonyl (C=O) groups excluding carboxylic acids is 2. The Bertz CT molecular complexity index is 1180. The second kappa shape index (κ2) is 9.19. The van der Waals surface area contributed by atoms with E-state index in [0.29, 0.717) is 23.8 Å². The molecule has 0 N–H and O–H groups in total. The van der Waals surface area contributed by atoms with E-state index in [1.54, 1.807) is 36.4 Å². The molecule has 2 aliphatic heterocycles. The van der Waals surface area contributed by atoms with Crippen molar-refractivity contribution in [3.05, 3.63) is 84.4 Å². The Morgan fingerprint density at radius 2 is 1.56 bits per heavy atom. The summed E-state index contributed by atoms with van der Waals surface area (Å²) in [7, 11) is 1.59. The molecule has 0 bridgehead atoms. The lowest BCUT2D eigenvalue weighted by molar-refractivity contribution is -0.126. The van der Waals surface area contributed by atoms with Crippen molar-refractivity contribution < 1.29 is 23.9 Å². The molecule has 0 aliphatic carbocycles. The minimum atomic E-state index is -0.932. The van der Waals surface area contributed by atoms with Crippen molar-refractivity contribution in [2.45, 2.75) is 25.5 Å². The summed E-state index contributed by atoms with van der Waals surface area (Å²) in [6.07, 6.45) is -0.0352. The Morgan fingerprint density at radius 3 is 2.26 bits per heavy atom. The van der Waals surface area contributed by atoms with Gasteiger partial charge in [0, 0.05) is 5.56 Å². The molecule has 0 radical (unpaired) electrons. The van der Waals surface area contributed by atoms with E-state index in [0.717, 1.165) is 17.7 Å². The molecule has 2 heterocycles. The molecule has 2 fully saturated rings. The number of fused-ring (bicyclic) bond motifs is 1. The van der Waals surface area contributed by atoms with E-state index >= 15 is 0 Å². The van der Waals surface area contributed by atoms with Gasteiger partial charge in [-0.25, -0.2) is 9.96 Å². The number of benzene rings is 3. The maximum atomic E-state index is 13.7. The van der Waals surface area contributed by atoms with Gasteiger partial charge in [0.05, 0.1) is 31.1 Å². The Balaban J connectivity index is 1.52. The summed E-state index contributed by atoms with van der Waals surface area (Å²) in [4.78, 5) is 34.6. The van der Waals surface area contributed by atoms with Gasteiger partial charge in [-0.1, -0.05) is 43.3 Å². The zero-order valence-electron chi connectivity index (χ0n) is 19.1. The molecule has 7 heteroatoms. The molecular weight excluding hydrogens is 432 g/mol. The van der Waals surface area contributed by atoms with Crippen molar-refractivity contribution in [3.63, 3.8) is 0 Å². The molecule has 3 atom stereocenters. The summed E-state index contributed by atoms with van der Waals surface area (Å²) in [6, 6.07) is 23.5. The van der Waals surface area contributed by atoms with Gasteiger partial charge in [-0.3, -0.25) is 14.4 Å². The van der Waals surface area contributed by atoms with Gasteiger partial charge in [-0.05, 0) is 48.9 Å². The summed E-state index contributed by atoms with van der Waals surface area (Å²) in [5, 5.41) is 1.67. The van der Waals surface area contributed by atoms with Gasteiger partial charge in [-0.2, -0.15) is 0 Å². The van der Waals surface area contributed by atoms with Crippen LogP contribution < -0.4 is 19.4 Å². The molecule has 0 aromatic heterocycles. The molecule has 2 saturated heterocycles. The molecule has 5 rings (SSSR count). The second-order valence-electron chi connectivity index (χ2n) is 8.25. The number of carbonyl (C=O) groups is 2. The number of ether oxygens (including phenoxy) is 2. The van der Waals surface area contributed by atoms with E-state index in [1.807, 2.05) is 61.5 Å². The van der Waals surface area contributed by atoms with Crippen LogP contribution in [-0.4, -0.2) is 31.6 Å². The van der Waals surface area contributed by atoms with Crippen LogP contribution in [0.2, 0.25) is 0 Å². The highest BCUT2D eigenvalue weighted by Gasteiger charge is 2.60. The molecular formula is C27H26N2O5. The third-order valence-corrected chi connectivity index (χ3v) is 6.15. The quantitative estimate of drug-likeness (QED) is 0.485. The Hall–Kier alpha value is -3.84. The van der Waals surface area contributed by atoms with Crippen LogP contribution in [0.25, 0.3) is 0 Å². The number of anilines is 2. The van der Waals surface area contributed by atoms with Crippen LogP contribution >= 0.6 is 0 Å². The molecule has 2 amide bonds. The van der Waals surface area contributed by atoms with E-state index in [2.05, 4.69) is 0 Å². The average molecular weight is 459 g/mol. The first-order valence-corrected chi connectivity index (χ1v) is 11.4. The zero-order valence-corrected chi connectivity index (χ0v) is 19.1. The first-order chi connectivity index (χ1) is 16.6. The molecule has 7 nitrogen and oxygen atoms in total. The molecule has 3 aromatic carbocycles. The summed E-state index contributed by atoms with van der Waals surface area (Å²) < 4.78 is 11.2. The average Bonchev–Trinajstić information content (AvgIpc) is 3.39. The highest BCUT2D eigenvalue weighted by molar-refractivity contribution is 6.24. The van der Waals surface area contributed by atoms with E-state index < -0.39 is 18.1 Å². The number of nitrogens with zero attached hydrogens (tertiary/aromatic N) is 2. The van der Waals surface area contributed by atoms with Crippen molar-refractivity contribution in [1.29, 1.82) is 0 Å². The molecule has 3 aromatic rings. The standard InChI is InChI=1S/C27H26N2O5/c1-3-17-33-20-15-13-18(14-16-20)28-26(30)23-24(21-11-7-8-12-22(21)32-2)29(34-25(23)27(28)31)19-9-5-4-6-10-19/h4-16,23-25H,3,17H2,1-2H3. The lowest BCUT2D eigenvalue weighted by atomic mass is 9.90. The van der Waals surface area contributed by atoms with Crippen molar-refractivity contribution in [1.82, 2.24) is 0 Å². The van der Waals surface area contributed by atoms with Crippen LogP contribution in [0.3, 0.4) is 0 Å². The molecule has 174 valence electrons. The van der Waals surface area contributed by atoms with Gasteiger partial charge in [0.1, 0.15) is 17.4 Å². The van der Waals surface area contributed by atoms with Gasteiger partial charge < -0.3 is 9.47 Å². The Kier molecular flexibility index (Phi) is 5.94. The van der Waals surface area contributed by atoms with Crippen molar-refractivity contribution >= 4 is 23.2 Å². The smallest absolute Gasteiger partial charge is 0.266 e.